The summed E-state index contributed by atoms with van der Waals surface area (Å²) in [7, 11) is 0. The summed E-state index contributed by atoms with van der Waals surface area (Å²) in [5.41, 5.74) is 2.38. The fourth-order valence-electron chi connectivity index (χ4n) is 2.60. The van der Waals surface area contributed by atoms with Crippen molar-refractivity contribution in [1.82, 2.24) is 0 Å². The molecule has 2 N–H and O–H groups in total. The van der Waals surface area contributed by atoms with Crippen molar-refractivity contribution in [1.29, 1.82) is 0 Å². The summed E-state index contributed by atoms with van der Waals surface area (Å²) in [5.74, 6) is 0.353. The Morgan fingerprint density at radius 3 is 2.69 bits per heavy atom. The van der Waals surface area contributed by atoms with Gasteiger partial charge < -0.3 is 10.2 Å². The van der Waals surface area contributed by atoms with E-state index in [0.29, 0.717) is 12.2 Å². The minimum absolute atomic E-state index is 0.236. The Hall–Kier alpha value is -1.54. The highest BCUT2D eigenvalue weighted by Gasteiger charge is 2.19. The van der Waals surface area contributed by atoms with Gasteiger partial charge in [-0.3, -0.25) is 0 Å². The highest BCUT2D eigenvalue weighted by molar-refractivity contribution is 5.92. The number of rotatable bonds is 0. The molecule has 0 radical (unpaired) electrons. The third-order valence-corrected chi connectivity index (χ3v) is 3.41. The van der Waals surface area contributed by atoms with Gasteiger partial charge >= 0.3 is 0 Å². The number of hydrogen-bond acceptors (Lipinski definition) is 2. The lowest BCUT2D eigenvalue weighted by Crippen LogP contribution is -2.18. The second-order valence-electron chi connectivity index (χ2n) is 4.48. The van der Waals surface area contributed by atoms with E-state index in [4.69, 9.17) is 0 Å². The zero-order chi connectivity index (χ0) is 11.1. The number of hydrogen-bond donors (Lipinski definition) is 2. The topological polar surface area (TPSA) is 40.5 Å². The number of fused-ring (bicyclic) bond motifs is 3. The van der Waals surface area contributed by atoms with Crippen LogP contribution < -0.4 is 0 Å². The Morgan fingerprint density at radius 2 is 1.88 bits per heavy atom. The molecule has 0 amide bonds. The first-order valence-corrected chi connectivity index (χ1v) is 5.66. The van der Waals surface area contributed by atoms with Gasteiger partial charge in [-0.2, -0.15) is 0 Å². The Morgan fingerprint density at radius 1 is 1.12 bits per heavy atom. The van der Waals surface area contributed by atoms with Crippen LogP contribution in [0.4, 0.5) is 0 Å². The van der Waals surface area contributed by atoms with Gasteiger partial charge in [0, 0.05) is 5.39 Å². The van der Waals surface area contributed by atoms with Crippen LogP contribution in [0.5, 0.6) is 5.75 Å². The van der Waals surface area contributed by atoms with Gasteiger partial charge in [0.2, 0.25) is 0 Å². The van der Waals surface area contributed by atoms with Gasteiger partial charge in [0.15, 0.2) is 0 Å². The lowest BCUT2D eigenvalue weighted by atomic mass is 9.86. The number of aliphatic hydroxyl groups is 1. The molecule has 1 aliphatic rings. The molecule has 2 aromatic carbocycles. The molecule has 0 aliphatic heterocycles. The minimum atomic E-state index is -0.236. The zero-order valence-electron chi connectivity index (χ0n) is 8.98. The number of aromatic hydroxyl groups is 1. The van der Waals surface area contributed by atoms with E-state index in [0.717, 1.165) is 23.6 Å². The van der Waals surface area contributed by atoms with Crippen LogP contribution in [0.3, 0.4) is 0 Å². The third kappa shape index (κ3) is 1.38. The summed E-state index contributed by atoms with van der Waals surface area (Å²) in [6.07, 6.45) is 2.12. The summed E-state index contributed by atoms with van der Waals surface area (Å²) in [6.45, 7) is 0. The van der Waals surface area contributed by atoms with Crippen LogP contribution in [0, 0.1) is 0 Å². The molecule has 1 aliphatic carbocycles. The number of phenolic OH excluding ortho intramolecular Hbond substituents is 1. The van der Waals surface area contributed by atoms with Gasteiger partial charge in [0.25, 0.3) is 0 Å². The summed E-state index contributed by atoms with van der Waals surface area (Å²) < 4.78 is 0. The second-order valence-corrected chi connectivity index (χ2v) is 4.48. The molecule has 82 valence electrons. The highest BCUT2D eigenvalue weighted by Crippen LogP contribution is 2.34. The Balaban J connectivity index is 2.33. The summed E-state index contributed by atoms with van der Waals surface area (Å²) in [4.78, 5) is 0. The number of aryl methyl sites for hydroxylation is 1. The number of phenols is 1. The predicted molar refractivity (Wildman–Crippen MR) is 63.6 cm³/mol. The van der Waals surface area contributed by atoms with Crippen LogP contribution >= 0.6 is 0 Å². The van der Waals surface area contributed by atoms with Crippen molar-refractivity contribution in [2.45, 2.75) is 25.4 Å². The van der Waals surface area contributed by atoms with Crippen molar-refractivity contribution < 1.29 is 10.2 Å². The van der Waals surface area contributed by atoms with E-state index < -0.39 is 0 Å². The normalized spacial score (nSPS) is 19.7. The highest BCUT2D eigenvalue weighted by atomic mass is 16.3. The van der Waals surface area contributed by atoms with Gasteiger partial charge in [-0.15, -0.1) is 0 Å². The van der Waals surface area contributed by atoms with Crippen molar-refractivity contribution in [3.05, 3.63) is 41.5 Å². The quantitative estimate of drug-likeness (QED) is 0.707. The molecular weight excluding hydrogens is 200 g/mol. The molecule has 0 aromatic heterocycles. The van der Waals surface area contributed by atoms with Gasteiger partial charge in [-0.05, 0) is 41.8 Å². The summed E-state index contributed by atoms with van der Waals surface area (Å²) >= 11 is 0. The maximum atomic E-state index is 9.93. The molecular formula is C14H14O2. The van der Waals surface area contributed by atoms with E-state index in [1.165, 1.54) is 11.1 Å². The zero-order valence-corrected chi connectivity index (χ0v) is 8.98. The first kappa shape index (κ1) is 9.67. The molecule has 1 atom stereocenters. The van der Waals surface area contributed by atoms with E-state index in [2.05, 4.69) is 0 Å². The van der Waals surface area contributed by atoms with Gasteiger partial charge in [0.05, 0.1) is 6.10 Å². The molecule has 0 bridgehead atoms. The monoisotopic (exact) mass is 214 g/mol. The largest absolute Gasteiger partial charge is 0.507 e. The van der Waals surface area contributed by atoms with E-state index in [9.17, 15) is 10.2 Å². The SMILES string of the molecule is Oc1cc2c(c3ccccc13)C[C@H](O)CC2. The van der Waals surface area contributed by atoms with Crippen LogP contribution in [0.2, 0.25) is 0 Å². The minimum Gasteiger partial charge on any atom is -0.507 e. The molecule has 0 fully saturated rings. The second kappa shape index (κ2) is 3.49. The molecule has 0 saturated carbocycles. The molecule has 2 nitrogen and oxygen atoms in total. The van der Waals surface area contributed by atoms with Gasteiger partial charge in [-0.25, -0.2) is 0 Å². The third-order valence-electron chi connectivity index (χ3n) is 3.41. The van der Waals surface area contributed by atoms with Crippen molar-refractivity contribution in [2.24, 2.45) is 0 Å². The standard InChI is InChI=1S/C14H14O2/c15-10-6-5-9-7-14(16)12-4-2-1-3-11(12)13(9)8-10/h1-4,7,10,15-16H,5-6,8H2/t10-/m1/s1. The van der Waals surface area contributed by atoms with Crippen LogP contribution in [-0.4, -0.2) is 16.3 Å². The lowest BCUT2D eigenvalue weighted by Gasteiger charge is -2.22. The van der Waals surface area contributed by atoms with Crippen molar-refractivity contribution in [3.8, 4) is 5.75 Å². The average molecular weight is 214 g/mol. The molecule has 0 saturated heterocycles. The molecule has 2 aromatic rings. The van der Waals surface area contributed by atoms with Crippen molar-refractivity contribution in [2.75, 3.05) is 0 Å². The smallest absolute Gasteiger partial charge is 0.123 e. The summed E-state index contributed by atoms with van der Waals surface area (Å²) in [6, 6.07) is 9.69. The van der Waals surface area contributed by atoms with E-state index in [-0.39, 0.29) is 6.10 Å². The fraction of sp³-hybridized carbons (Fsp3) is 0.286. The Kier molecular flexibility index (Phi) is 2.11. The van der Waals surface area contributed by atoms with E-state index in [1.807, 2.05) is 30.3 Å². The average Bonchev–Trinajstić information content (AvgIpc) is 2.31. The first-order chi connectivity index (χ1) is 7.75. The molecule has 2 heteroatoms. The van der Waals surface area contributed by atoms with Crippen LogP contribution in [0.25, 0.3) is 10.8 Å². The van der Waals surface area contributed by atoms with Crippen LogP contribution in [0.1, 0.15) is 17.5 Å². The lowest BCUT2D eigenvalue weighted by molar-refractivity contribution is 0.159. The Labute approximate surface area is 94.2 Å². The maximum Gasteiger partial charge on any atom is 0.123 e. The van der Waals surface area contributed by atoms with E-state index in [1.54, 1.807) is 0 Å². The fourth-order valence-corrected chi connectivity index (χ4v) is 2.60. The predicted octanol–water partition coefficient (Wildman–Crippen LogP) is 2.39. The first-order valence-electron chi connectivity index (χ1n) is 5.66. The Bertz CT molecular complexity index is 546. The van der Waals surface area contributed by atoms with Gasteiger partial charge in [0.1, 0.15) is 5.75 Å². The van der Waals surface area contributed by atoms with Crippen molar-refractivity contribution in [3.63, 3.8) is 0 Å². The van der Waals surface area contributed by atoms with Gasteiger partial charge in [-0.1, -0.05) is 24.3 Å². The van der Waals surface area contributed by atoms with Crippen molar-refractivity contribution >= 4 is 10.8 Å². The molecule has 3 rings (SSSR count). The van der Waals surface area contributed by atoms with Crippen LogP contribution in [-0.2, 0) is 12.8 Å². The number of benzene rings is 2. The molecule has 0 unspecified atom stereocenters. The molecule has 0 heterocycles. The summed E-state index contributed by atoms with van der Waals surface area (Å²) in [5, 5.41) is 21.6. The number of aliphatic hydroxyl groups excluding tert-OH is 1. The maximum absolute atomic E-state index is 9.93. The van der Waals surface area contributed by atoms with Crippen LogP contribution in [0.15, 0.2) is 30.3 Å². The van der Waals surface area contributed by atoms with E-state index >= 15 is 0 Å². The molecule has 0 spiro atoms. The molecule has 16 heavy (non-hydrogen) atoms.